The topological polar surface area (TPSA) is 40.2 Å². The third-order valence-electron chi connectivity index (χ3n) is 2.46. The second-order valence-corrected chi connectivity index (χ2v) is 4.19. The Bertz CT molecular complexity index is 375. The number of allylic oxidation sites excluding steroid dienone is 1. The van der Waals surface area contributed by atoms with Crippen LogP contribution in [0.2, 0.25) is 0 Å². The molecule has 1 heterocycles. The van der Waals surface area contributed by atoms with Crippen molar-refractivity contribution in [2.45, 2.75) is 33.1 Å². The van der Waals surface area contributed by atoms with Gasteiger partial charge in [-0.1, -0.05) is 5.57 Å². The van der Waals surface area contributed by atoms with E-state index in [4.69, 9.17) is 0 Å². The molecule has 0 aliphatic rings. The maximum absolute atomic E-state index is 3.91. The van der Waals surface area contributed by atoms with Crippen LogP contribution in [-0.2, 0) is 6.42 Å². The molecular formula is C13H21N3. The first-order valence-corrected chi connectivity index (χ1v) is 5.63. The number of nitrogens with one attached hydrogen (secondary N) is 2. The van der Waals surface area contributed by atoms with Crippen LogP contribution in [0.1, 0.15) is 31.0 Å². The summed E-state index contributed by atoms with van der Waals surface area (Å²) in [5, 5.41) is 3.12. The molecule has 0 spiro atoms. The summed E-state index contributed by atoms with van der Waals surface area (Å²) in [6.45, 7) is 8.07. The average Bonchev–Trinajstić information content (AvgIpc) is 2.56. The van der Waals surface area contributed by atoms with Crippen molar-refractivity contribution >= 4 is 12.2 Å². The fourth-order valence-electron chi connectivity index (χ4n) is 1.62. The molecule has 0 unspecified atom stereocenters. The minimum Gasteiger partial charge on any atom is -0.345 e. The van der Waals surface area contributed by atoms with Crippen LogP contribution in [0.25, 0.3) is 0 Å². The Hall–Kier alpha value is -1.51. The van der Waals surface area contributed by atoms with Crippen molar-refractivity contribution in [3.05, 3.63) is 29.5 Å². The number of aromatic nitrogens is 1. The second-order valence-electron chi connectivity index (χ2n) is 4.19. The van der Waals surface area contributed by atoms with Gasteiger partial charge in [-0.15, -0.1) is 6.58 Å². The summed E-state index contributed by atoms with van der Waals surface area (Å²) in [4.78, 5) is 7.26. The third-order valence-corrected chi connectivity index (χ3v) is 2.46. The zero-order chi connectivity index (χ0) is 12.0. The first-order chi connectivity index (χ1) is 7.63. The van der Waals surface area contributed by atoms with E-state index in [0.29, 0.717) is 0 Å². The highest BCUT2D eigenvalue weighted by atomic mass is 15.0. The quantitative estimate of drug-likeness (QED) is 0.430. The zero-order valence-electron chi connectivity index (χ0n) is 10.4. The van der Waals surface area contributed by atoms with Gasteiger partial charge in [0.1, 0.15) is 5.82 Å². The number of anilines is 1. The molecule has 0 fully saturated rings. The lowest BCUT2D eigenvalue weighted by molar-refractivity contribution is 0.799. The number of hydrogen-bond acceptors (Lipinski definition) is 1. The van der Waals surface area contributed by atoms with Crippen molar-refractivity contribution in [1.82, 2.24) is 4.98 Å². The van der Waals surface area contributed by atoms with Crippen molar-refractivity contribution in [2.75, 3.05) is 12.4 Å². The van der Waals surface area contributed by atoms with Gasteiger partial charge in [0, 0.05) is 12.7 Å². The van der Waals surface area contributed by atoms with Crippen molar-refractivity contribution in [1.29, 1.82) is 0 Å². The molecule has 0 aliphatic heterocycles. The van der Waals surface area contributed by atoms with Gasteiger partial charge in [-0.3, -0.25) is 4.99 Å². The Morgan fingerprint density at radius 3 is 3.00 bits per heavy atom. The summed E-state index contributed by atoms with van der Waals surface area (Å²) in [5.41, 5.74) is 3.75. The molecule has 0 radical (unpaired) electrons. The number of hydrogen-bond donors (Lipinski definition) is 2. The summed E-state index contributed by atoms with van der Waals surface area (Å²) < 4.78 is 0. The van der Waals surface area contributed by atoms with Crippen LogP contribution in [0.4, 0.5) is 5.82 Å². The van der Waals surface area contributed by atoms with Crippen LogP contribution < -0.4 is 5.32 Å². The van der Waals surface area contributed by atoms with E-state index < -0.39 is 0 Å². The van der Waals surface area contributed by atoms with Crippen LogP contribution in [0.3, 0.4) is 0 Å². The van der Waals surface area contributed by atoms with Crippen LogP contribution in [0.5, 0.6) is 0 Å². The molecule has 3 nitrogen and oxygen atoms in total. The highest BCUT2D eigenvalue weighted by Gasteiger charge is 2.02. The monoisotopic (exact) mass is 219 g/mol. The maximum atomic E-state index is 3.91. The molecule has 0 bridgehead atoms. The third kappa shape index (κ3) is 3.93. The van der Waals surface area contributed by atoms with E-state index in [9.17, 15) is 0 Å². The average molecular weight is 219 g/mol. The second kappa shape index (κ2) is 6.16. The summed E-state index contributed by atoms with van der Waals surface area (Å²) in [6, 6.07) is 2.18. The van der Waals surface area contributed by atoms with Crippen molar-refractivity contribution < 1.29 is 0 Å². The molecule has 3 heteroatoms. The van der Waals surface area contributed by atoms with Crippen LogP contribution in [0.15, 0.2) is 23.2 Å². The predicted molar refractivity (Wildman–Crippen MR) is 71.3 cm³/mol. The summed E-state index contributed by atoms with van der Waals surface area (Å²) in [7, 11) is 1.75. The van der Waals surface area contributed by atoms with Gasteiger partial charge < -0.3 is 10.3 Å². The number of nitrogens with zero attached hydrogens (tertiary/aromatic N) is 1. The van der Waals surface area contributed by atoms with Crippen molar-refractivity contribution in [2.24, 2.45) is 4.99 Å². The van der Waals surface area contributed by atoms with E-state index in [1.807, 2.05) is 0 Å². The molecule has 0 aliphatic carbocycles. The molecular weight excluding hydrogens is 198 g/mol. The summed E-state index contributed by atoms with van der Waals surface area (Å²) in [5.74, 6) is 1.04. The summed E-state index contributed by atoms with van der Waals surface area (Å²) in [6.07, 6.45) is 5.00. The molecule has 0 amide bonds. The number of rotatable bonds is 6. The Kier molecular flexibility index (Phi) is 4.83. The van der Waals surface area contributed by atoms with E-state index in [0.717, 1.165) is 25.1 Å². The Labute approximate surface area is 97.7 Å². The standard InChI is InChI=1S/C13H21N3/c1-10(2)6-5-7-12-8-11(3)13(16-12)15-9-14-4/h8-9,16H,1,5-7H2,2-4H3,(H,14,15). The van der Waals surface area contributed by atoms with E-state index in [1.165, 1.54) is 16.8 Å². The molecule has 1 aromatic rings. The Morgan fingerprint density at radius 1 is 1.62 bits per heavy atom. The molecule has 1 rings (SSSR count). The fourth-order valence-corrected chi connectivity index (χ4v) is 1.62. The van der Waals surface area contributed by atoms with Crippen molar-refractivity contribution in [3.63, 3.8) is 0 Å². The van der Waals surface area contributed by atoms with Gasteiger partial charge in [-0.25, -0.2) is 0 Å². The largest absolute Gasteiger partial charge is 0.345 e. The van der Waals surface area contributed by atoms with Crippen molar-refractivity contribution in [3.8, 4) is 0 Å². The smallest absolute Gasteiger partial charge is 0.111 e. The Morgan fingerprint density at radius 2 is 2.38 bits per heavy atom. The molecule has 16 heavy (non-hydrogen) atoms. The van der Waals surface area contributed by atoms with Crippen LogP contribution in [0, 0.1) is 6.92 Å². The number of aliphatic imine (C=N–C) groups is 1. The molecule has 0 aromatic carbocycles. The normalized spacial score (nSPS) is 10.9. The van der Waals surface area contributed by atoms with Gasteiger partial charge >= 0.3 is 0 Å². The van der Waals surface area contributed by atoms with Gasteiger partial charge in [0.15, 0.2) is 0 Å². The SMILES string of the molecule is C=C(C)CCCc1cc(C)c(NC=NC)[nH]1. The van der Waals surface area contributed by atoms with E-state index >= 15 is 0 Å². The molecule has 0 atom stereocenters. The Balaban J connectivity index is 2.51. The molecule has 2 N–H and O–H groups in total. The predicted octanol–water partition coefficient (Wildman–Crippen LogP) is 3.29. The minimum atomic E-state index is 1.04. The van der Waals surface area contributed by atoms with E-state index in [2.05, 4.69) is 41.8 Å². The van der Waals surface area contributed by atoms with Crippen LogP contribution in [-0.4, -0.2) is 18.4 Å². The first kappa shape index (κ1) is 12.6. The number of H-pyrrole nitrogens is 1. The first-order valence-electron chi connectivity index (χ1n) is 5.63. The lowest BCUT2D eigenvalue weighted by Crippen LogP contribution is -1.96. The highest BCUT2D eigenvalue weighted by molar-refractivity contribution is 5.75. The maximum Gasteiger partial charge on any atom is 0.111 e. The van der Waals surface area contributed by atoms with Gasteiger partial charge in [-0.05, 0) is 44.7 Å². The van der Waals surface area contributed by atoms with Gasteiger partial charge in [-0.2, -0.15) is 0 Å². The van der Waals surface area contributed by atoms with Gasteiger partial charge in [0.25, 0.3) is 0 Å². The molecule has 88 valence electrons. The van der Waals surface area contributed by atoms with E-state index in [-0.39, 0.29) is 0 Å². The zero-order valence-corrected chi connectivity index (χ0v) is 10.4. The number of aromatic amines is 1. The van der Waals surface area contributed by atoms with Crippen LogP contribution >= 0.6 is 0 Å². The van der Waals surface area contributed by atoms with Gasteiger partial charge in [0.2, 0.25) is 0 Å². The van der Waals surface area contributed by atoms with Gasteiger partial charge in [0.05, 0.1) is 6.34 Å². The highest BCUT2D eigenvalue weighted by Crippen LogP contribution is 2.16. The molecule has 0 saturated carbocycles. The molecule has 1 aromatic heterocycles. The fraction of sp³-hybridized carbons (Fsp3) is 0.462. The molecule has 0 saturated heterocycles. The lowest BCUT2D eigenvalue weighted by Gasteiger charge is -1.99. The number of aryl methyl sites for hydroxylation is 2. The lowest BCUT2D eigenvalue weighted by atomic mass is 10.1. The van der Waals surface area contributed by atoms with E-state index in [1.54, 1.807) is 13.4 Å². The summed E-state index contributed by atoms with van der Waals surface area (Å²) >= 11 is 0. The minimum absolute atomic E-state index is 1.04.